The van der Waals surface area contributed by atoms with E-state index in [4.69, 9.17) is 0 Å². The SMILES string of the molecule is CCC(C)(C)C1CCC(C(=O)O)C(N2CCCCCC2)C1. The highest BCUT2D eigenvalue weighted by atomic mass is 16.4. The minimum atomic E-state index is -0.572. The van der Waals surface area contributed by atoms with E-state index in [0.717, 1.165) is 32.4 Å². The maximum atomic E-state index is 11.7. The zero-order valence-electron chi connectivity index (χ0n) is 14.1. The molecule has 0 aromatic carbocycles. The highest BCUT2D eigenvalue weighted by Gasteiger charge is 2.42. The molecule has 1 saturated carbocycles. The number of hydrogen-bond donors (Lipinski definition) is 1. The Labute approximate surface area is 130 Å². The summed E-state index contributed by atoms with van der Waals surface area (Å²) < 4.78 is 0. The minimum Gasteiger partial charge on any atom is -0.481 e. The number of likely N-dealkylation sites (tertiary alicyclic amines) is 1. The molecule has 0 amide bonds. The van der Waals surface area contributed by atoms with Crippen LogP contribution in [0.15, 0.2) is 0 Å². The third-order valence-corrected chi connectivity index (χ3v) is 6.26. The van der Waals surface area contributed by atoms with Crippen LogP contribution in [0.2, 0.25) is 0 Å². The van der Waals surface area contributed by atoms with Gasteiger partial charge in [-0.2, -0.15) is 0 Å². The molecule has 1 aliphatic heterocycles. The third kappa shape index (κ3) is 4.00. The highest BCUT2D eigenvalue weighted by Crippen LogP contribution is 2.44. The van der Waals surface area contributed by atoms with Crippen molar-refractivity contribution in [3.8, 4) is 0 Å². The third-order valence-electron chi connectivity index (χ3n) is 6.26. The quantitative estimate of drug-likeness (QED) is 0.846. The predicted molar refractivity (Wildman–Crippen MR) is 86.4 cm³/mol. The van der Waals surface area contributed by atoms with Crippen LogP contribution in [0.3, 0.4) is 0 Å². The number of carboxylic acids is 1. The first-order valence-electron chi connectivity index (χ1n) is 8.92. The summed E-state index contributed by atoms with van der Waals surface area (Å²) in [5.41, 5.74) is 0.341. The van der Waals surface area contributed by atoms with E-state index in [9.17, 15) is 9.90 Å². The molecule has 21 heavy (non-hydrogen) atoms. The fraction of sp³-hybridized carbons (Fsp3) is 0.944. The first-order chi connectivity index (χ1) is 9.95. The van der Waals surface area contributed by atoms with E-state index in [0.29, 0.717) is 11.3 Å². The first-order valence-corrected chi connectivity index (χ1v) is 8.92. The molecule has 122 valence electrons. The average Bonchev–Trinajstić information content (AvgIpc) is 2.75. The van der Waals surface area contributed by atoms with Gasteiger partial charge in [-0.05, 0) is 56.5 Å². The molecule has 2 rings (SSSR count). The molecular formula is C18H33NO2. The van der Waals surface area contributed by atoms with Gasteiger partial charge in [-0.15, -0.1) is 0 Å². The van der Waals surface area contributed by atoms with Crippen LogP contribution in [0.5, 0.6) is 0 Å². The fourth-order valence-corrected chi connectivity index (χ4v) is 4.26. The molecule has 1 heterocycles. The van der Waals surface area contributed by atoms with Crippen molar-refractivity contribution < 1.29 is 9.90 Å². The molecule has 3 unspecified atom stereocenters. The van der Waals surface area contributed by atoms with Crippen molar-refractivity contribution in [1.29, 1.82) is 0 Å². The number of carboxylic acid groups (broad SMARTS) is 1. The lowest BCUT2D eigenvalue weighted by Crippen LogP contribution is -2.49. The van der Waals surface area contributed by atoms with E-state index in [-0.39, 0.29) is 12.0 Å². The van der Waals surface area contributed by atoms with Gasteiger partial charge < -0.3 is 5.11 Å². The number of aliphatic carboxylic acids is 1. The van der Waals surface area contributed by atoms with Crippen LogP contribution >= 0.6 is 0 Å². The van der Waals surface area contributed by atoms with Gasteiger partial charge in [0, 0.05) is 6.04 Å². The summed E-state index contributed by atoms with van der Waals surface area (Å²) in [6.07, 6.45) is 9.32. The molecule has 1 aliphatic carbocycles. The van der Waals surface area contributed by atoms with Crippen molar-refractivity contribution in [3.05, 3.63) is 0 Å². The van der Waals surface area contributed by atoms with E-state index >= 15 is 0 Å². The van der Waals surface area contributed by atoms with Gasteiger partial charge in [0.05, 0.1) is 5.92 Å². The molecule has 3 nitrogen and oxygen atoms in total. The van der Waals surface area contributed by atoms with Crippen molar-refractivity contribution in [2.45, 2.75) is 78.2 Å². The smallest absolute Gasteiger partial charge is 0.308 e. The van der Waals surface area contributed by atoms with Gasteiger partial charge in [-0.3, -0.25) is 9.69 Å². The average molecular weight is 295 g/mol. The van der Waals surface area contributed by atoms with E-state index in [1.54, 1.807) is 0 Å². The lowest BCUT2D eigenvalue weighted by Gasteiger charge is -2.45. The maximum Gasteiger partial charge on any atom is 0.308 e. The van der Waals surface area contributed by atoms with Crippen molar-refractivity contribution in [2.75, 3.05) is 13.1 Å². The van der Waals surface area contributed by atoms with E-state index < -0.39 is 5.97 Å². The summed E-state index contributed by atoms with van der Waals surface area (Å²) in [5.74, 6) is -0.0460. The number of carbonyl (C=O) groups is 1. The van der Waals surface area contributed by atoms with Crippen molar-refractivity contribution >= 4 is 5.97 Å². The molecule has 2 fully saturated rings. The van der Waals surface area contributed by atoms with Crippen LogP contribution in [0, 0.1) is 17.3 Å². The van der Waals surface area contributed by atoms with Gasteiger partial charge >= 0.3 is 5.97 Å². The van der Waals surface area contributed by atoms with E-state index in [2.05, 4.69) is 25.7 Å². The summed E-state index contributed by atoms with van der Waals surface area (Å²) in [7, 11) is 0. The van der Waals surface area contributed by atoms with Gasteiger partial charge in [0.25, 0.3) is 0 Å². The largest absolute Gasteiger partial charge is 0.481 e. The molecule has 0 aromatic rings. The van der Waals surface area contributed by atoms with Crippen LogP contribution in [0.1, 0.15) is 72.1 Å². The Morgan fingerprint density at radius 3 is 2.29 bits per heavy atom. The summed E-state index contributed by atoms with van der Waals surface area (Å²) >= 11 is 0. The number of nitrogens with zero attached hydrogens (tertiary/aromatic N) is 1. The normalized spacial score (nSPS) is 32.6. The molecule has 0 radical (unpaired) electrons. The van der Waals surface area contributed by atoms with Gasteiger partial charge in [0.15, 0.2) is 0 Å². The summed E-state index contributed by atoms with van der Waals surface area (Å²) in [6.45, 7) is 9.20. The topological polar surface area (TPSA) is 40.5 Å². The second-order valence-electron chi connectivity index (χ2n) is 7.81. The van der Waals surface area contributed by atoms with Crippen LogP contribution in [0.25, 0.3) is 0 Å². The predicted octanol–water partition coefficient (Wildman–Crippen LogP) is 4.17. The lowest BCUT2D eigenvalue weighted by molar-refractivity contribution is -0.147. The van der Waals surface area contributed by atoms with Crippen molar-refractivity contribution in [2.24, 2.45) is 17.3 Å². The van der Waals surface area contributed by atoms with E-state index in [1.165, 1.54) is 32.1 Å². The molecule has 0 spiro atoms. The van der Waals surface area contributed by atoms with Crippen LogP contribution in [-0.2, 0) is 4.79 Å². The molecular weight excluding hydrogens is 262 g/mol. The van der Waals surface area contributed by atoms with Crippen LogP contribution in [-0.4, -0.2) is 35.1 Å². The number of rotatable bonds is 4. The maximum absolute atomic E-state index is 11.7. The Kier molecular flexibility index (Phi) is 5.70. The molecule has 3 heteroatoms. The van der Waals surface area contributed by atoms with E-state index in [1.807, 2.05) is 0 Å². The van der Waals surface area contributed by atoms with Crippen molar-refractivity contribution in [3.63, 3.8) is 0 Å². The summed E-state index contributed by atoms with van der Waals surface area (Å²) in [4.78, 5) is 14.2. The first kappa shape index (κ1) is 16.8. The van der Waals surface area contributed by atoms with Crippen LogP contribution < -0.4 is 0 Å². The Morgan fingerprint density at radius 1 is 1.14 bits per heavy atom. The Bertz CT molecular complexity index is 345. The van der Waals surface area contributed by atoms with Gasteiger partial charge in [-0.25, -0.2) is 0 Å². The Balaban J connectivity index is 2.12. The molecule has 1 N–H and O–H groups in total. The zero-order chi connectivity index (χ0) is 15.5. The molecule has 3 atom stereocenters. The standard InChI is InChI=1S/C18H33NO2/c1-4-18(2,3)14-9-10-15(17(20)21)16(13-14)19-11-7-5-6-8-12-19/h14-16H,4-13H2,1-3H3,(H,20,21). The molecule has 2 aliphatic rings. The van der Waals surface area contributed by atoms with Gasteiger partial charge in [0.1, 0.15) is 0 Å². The minimum absolute atomic E-state index is 0.146. The lowest BCUT2D eigenvalue weighted by atomic mass is 9.65. The number of hydrogen-bond acceptors (Lipinski definition) is 2. The van der Waals surface area contributed by atoms with Gasteiger partial charge in [-0.1, -0.05) is 40.0 Å². The second kappa shape index (κ2) is 7.13. The fourth-order valence-electron chi connectivity index (χ4n) is 4.26. The molecule has 0 aromatic heterocycles. The highest BCUT2D eigenvalue weighted by molar-refractivity contribution is 5.71. The summed E-state index contributed by atoms with van der Waals surface area (Å²) in [5, 5.41) is 9.63. The van der Waals surface area contributed by atoms with Crippen LogP contribution in [0.4, 0.5) is 0 Å². The van der Waals surface area contributed by atoms with Crippen molar-refractivity contribution in [1.82, 2.24) is 4.90 Å². The monoisotopic (exact) mass is 295 g/mol. The molecule has 1 saturated heterocycles. The summed E-state index contributed by atoms with van der Waals surface area (Å²) in [6, 6.07) is 0.269. The van der Waals surface area contributed by atoms with Gasteiger partial charge in [0.2, 0.25) is 0 Å². The zero-order valence-corrected chi connectivity index (χ0v) is 14.1. The Morgan fingerprint density at radius 2 is 1.76 bits per heavy atom. The second-order valence-corrected chi connectivity index (χ2v) is 7.81. The Hall–Kier alpha value is -0.570. The molecule has 0 bridgehead atoms.